The van der Waals surface area contributed by atoms with Gasteiger partial charge in [0, 0.05) is 0 Å². The number of hydrogen-bond donors (Lipinski definition) is 3. The van der Waals surface area contributed by atoms with Gasteiger partial charge in [-0.3, -0.25) is 0 Å². The fourth-order valence-corrected chi connectivity index (χ4v) is 1.61. The monoisotopic (exact) mass is 208 g/mol. The lowest BCUT2D eigenvalue weighted by molar-refractivity contribution is -0.194. The van der Waals surface area contributed by atoms with Crippen LogP contribution in [-0.2, 0) is 23.0 Å². The lowest BCUT2D eigenvalue weighted by Crippen LogP contribution is -1.92. The van der Waals surface area contributed by atoms with E-state index in [1.54, 1.807) is 0 Å². The van der Waals surface area contributed by atoms with Crippen LogP contribution < -0.4 is 0 Å². The van der Waals surface area contributed by atoms with E-state index in [0.717, 1.165) is 7.11 Å². The Morgan fingerprint density at radius 1 is 1.18 bits per heavy atom. The van der Waals surface area contributed by atoms with Gasteiger partial charge in [-0.25, -0.2) is 14.0 Å². The van der Waals surface area contributed by atoms with Crippen LogP contribution in [0, 0.1) is 0 Å². The highest BCUT2D eigenvalue weighted by Gasteiger charge is 2.33. The SMILES string of the molecule is COOP(=O)(O)OP(=O)(O)O. The summed E-state index contributed by atoms with van der Waals surface area (Å²) in [5.74, 6) is 0. The van der Waals surface area contributed by atoms with Crippen molar-refractivity contribution in [3.05, 3.63) is 0 Å². The highest BCUT2D eigenvalue weighted by molar-refractivity contribution is 7.60. The average molecular weight is 208 g/mol. The molecule has 1 atom stereocenters. The second kappa shape index (κ2) is 3.75. The first-order valence-electron chi connectivity index (χ1n) is 2.09. The van der Waals surface area contributed by atoms with E-state index in [0.29, 0.717) is 0 Å². The van der Waals surface area contributed by atoms with E-state index >= 15 is 0 Å². The van der Waals surface area contributed by atoms with Gasteiger partial charge in [-0.15, -0.1) is 4.67 Å². The minimum atomic E-state index is -5.04. The molecule has 0 aromatic carbocycles. The Hall–Kier alpha value is 0.220. The van der Waals surface area contributed by atoms with Gasteiger partial charge in [-0.05, 0) is 0 Å². The highest BCUT2D eigenvalue weighted by atomic mass is 31.3. The van der Waals surface area contributed by atoms with Crippen molar-refractivity contribution in [3.8, 4) is 0 Å². The zero-order valence-corrected chi connectivity index (χ0v) is 7.07. The minimum Gasteiger partial charge on any atom is -0.302 e. The van der Waals surface area contributed by atoms with Gasteiger partial charge < -0.3 is 14.7 Å². The standard InChI is InChI=1S/CH6O8P2/c1-7-8-11(5,6)9-10(2,3)4/h1H3,(H,5,6)(H2,2,3,4). The van der Waals surface area contributed by atoms with Crippen LogP contribution in [0.5, 0.6) is 0 Å². The number of hydrogen-bond acceptors (Lipinski definition) is 5. The molecule has 0 fully saturated rings. The first-order chi connectivity index (χ1) is 4.77. The van der Waals surface area contributed by atoms with Crippen LogP contribution in [0.1, 0.15) is 0 Å². The third kappa shape index (κ3) is 6.61. The molecule has 0 aliphatic carbocycles. The van der Waals surface area contributed by atoms with Crippen LogP contribution in [0.2, 0.25) is 0 Å². The molecule has 1 unspecified atom stereocenters. The van der Waals surface area contributed by atoms with Crippen molar-refractivity contribution in [2.45, 2.75) is 0 Å². The first-order valence-corrected chi connectivity index (χ1v) is 5.11. The van der Waals surface area contributed by atoms with Crippen molar-refractivity contribution >= 4 is 15.6 Å². The fraction of sp³-hybridized carbons (Fsp3) is 1.00. The Labute approximate surface area is 61.5 Å². The Morgan fingerprint density at radius 2 is 1.64 bits per heavy atom. The number of phosphoric acid groups is 2. The van der Waals surface area contributed by atoms with Gasteiger partial charge >= 0.3 is 15.6 Å². The highest BCUT2D eigenvalue weighted by Crippen LogP contribution is 2.57. The summed E-state index contributed by atoms with van der Waals surface area (Å²) in [7, 11) is -8.95. The molecule has 0 aromatic rings. The molecule has 0 saturated carbocycles. The van der Waals surface area contributed by atoms with E-state index in [-0.39, 0.29) is 0 Å². The summed E-state index contributed by atoms with van der Waals surface area (Å²) in [6.07, 6.45) is 0. The molecular formula is CH6O8P2. The molecule has 0 aliphatic rings. The summed E-state index contributed by atoms with van der Waals surface area (Å²) in [5.41, 5.74) is 0. The van der Waals surface area contributed by atoms with Gasteiger partial charge in [0.05, 0.1) is 7.11 Å². The lowest BCUT2D eigenvalue weighted by atomic mass is 11.8. The quantitative estimate of drug-likeness (QED) is 0.329. The van der Waals surface area contributed by atoms with Gasteiger partial charge in [0.2, 0.25) is 0 Å². The van der Waals surface area contributed by atoms with Gasteiger partial charge in [0.25, 0.3) is 0 Å². The van der Waals surface area contributed by atoms with Crippen LogP contribution in [0.15, 0.2) is 0 Å². The second-order valence-corrected chi connectivity index (χ2v) is 4.00. The molecule has 0 rings (SSSR count). The van der Waals surface area contributed by atoms with Crippen molar-refractivity contribution in [1.82, 2.24) is 0 Å². The van der Waals surface area contributed by atoms with Crippen LogP contribution in [0.3, 0.4) is 0 Å². The molecule has 0 heterocycles. The third-order valence-corrected chi connectivity index (χ3v) is 2.39. The summed E-state index contributed by atoms with van der Waals surface area (Å²) >= 11 is 0. The molecule has 0 aliphatic heterocycles. The van der Waals surface area contributed by atoms with Crippen LogP contribution in [0.4, 0.5) is 0 Å². The van der Waals surface area contributed by atoms with Crippen molar-refractivity contribution in [2.75, 3.05) is 7.11 Å². The zero-order chi connectivity index (χ0) is 9.12. The van der Waals surface area contributed by atoms with E-state index < -0.39 is 15.6 Å². The lowest BCUT2D eigenvalue weighted by Gasteiger charge is -2.08. The topological polar surface area (TPSA) is 123 Å². The van der Waals surface area contributed by atoms with E-state index in [1.165, 1.54) is 0 Å². The molecule has 68 valence electrons. The summed E-state index contributed by atoms with van der Waals surface area (Å²) in [4.78, 5) is 28.0. The molecule has 3 N–H and O–H groups in total. The number of rotatable bonds is 4. The Balaban J connectivity index is 4.14. The van der Waals surface area contributed by atoms with Crippen molar-refractivity contribution in [3.63, 3.8) is 0 Å². The van der Waals surface area contributed by atoms with E-state index in [4.69, 9.17) is 14.7 Å². The predicted octanol–water partition coefficient (Wildman–Crippen LogP) is -0.226. The maximum absolute atomic E-state index is 10.3. The second-order valence-electron chi connectivity index (χ2n) is 1.28. The van der Waals surface area contributed by atoms with Crippen LogP contribution in [-0.4, -0.2) is 21.8 Å². The molecular weight excluding hydrogens is 202 g/mol. The molecule has 0 radical (unpaired) electrons. The van der Waals surface area contributed by atoms with Gasteiger partial charge in [0.15, 0.2) is 0 Å². The fourth-order valence-electron chi connectivity index (χ4n) is 0.242. The molecule has 11 heavy (non-hydrogen) atoms. The van der Waals surface area contributed by atoms with Gasteiger partial charge in [-0.1, -0.05) is 0 Å². The van der Waals surface area contributed by atoms with Gasteiger partial charge in [0.1, 0.15) is 0 Å². The molecule has 0 bridgehead atoms. The summed E-state index contributed by atoms with van der Waals surface area (Å²) in [6.45, 7) is 0. The molecule has 0 saturated heterocycles. The Morgan fingerprint density at radius 3 is 1.91 bits per heavy atom. The zero-order valence-electron chi connectivity index (χ0n) is 5.28. The smallest absolute Gasteiger partial charge is 0.302 e. The first kappa shape index (κ1) is 11.2. The average Bonchev–Trinajstić information content (AvgIpc) is 1.55. The maximum Gasteiger partial charge on any atom is 0.508 e. The molecule has 0 amide bonds. The van der Waals surface area contributed by atoms with E-state index in [2.05, 4.69) is 13.9 Å². The molecule has 10 heteroatoms. The summed E-state index contributed by atoms with van der Waals surface area (Å²) in [6, 6.07) is 0. The Kier molecular flexibility index (Phi) is 3.83. The Bertz CT molecular complexity index is 202. The van der Waals surface area contributed by atoms with Crippen LogP contribution >= 0.6 is 15.6 Å². The van der Waals surface area contributed by atoms with E-state index in [9.17, 15) is 9.13 Å². The summed E-state index contributed by atoms with van der Waals surface area (Å²) in [5, 5.41) is 0. The largest absolute Gasteiger partial charge is 0.508 e. The normalized spacial score (nSPS) is 17.8. The van der Waals surface area contributed by atoms with Crippen molar-refractivity contribution in [2.24, 2.45) is 0 Å². The van der Waals surface area contributed by atoms with Gasteiger partial charge in [-0.2, -0.15) is 4.31 Å². The minimum absolute atomic E-state index is 0.881. The maximum atomic E-state index is 10.3. The third-order valence-electron chi connectivity index (χ3n) is 0.378. The van der Waals surface area contributed by atoms with E-state index in [1.807, 2.05) is 0 Å². The summed E-state index contributed by atoms with van der Waals surface area (Å²) < 4.78 is 27.0. The molecule has 8 nitrogen and oxygen atoms in total. The van der Waals surface area contributed by atoms with Crippen LogP contribution in [0.25, 0.3) is 0 Å². The molecule has 0 aromatic heterocycles. The molecule has 0 spiro atoms. The van der Waals surface area contributed by atoms with Crippen molar-refractivity contribution in [1.29, 1.82) is 0 Å². The predicted molar refractivity (Wildman–Crippen MR) is 31.0 cm³/mol. The van der Waals surface area contributed by atoms with Crippen molar-refractivity contribution < 1.29 is 37.7 Å².